The monoisotopic (exact) mass is 349 g/mol. The number of esters is 1. The van der Waals surface area contributed by atoms with Gasteiger partial charge in [-0.15, -0.1) is 0 Å². The molecule has 1 aromatic rings. The van der Waals surface area contributed by atoms with Crippen molar-refractivity contribution >= 4 is 17.6 Å². The fraction of sp³-hybridized carbons (Fsp3) is 0.650. The summed E-state index contributed by atoms with van der Waals surface area (Å²) in [4.78, 5) is 14.2. The summed E-state index contributed by atoms with van der Waals surface area (Å²) in [6, 6.07) is 6.29. The Kier molecular flexibility index (Phi) is 4.94. The summed E-state index contributed by atoms with van der Waals surface area (Å²) in [6.45, 7) is 2.53. The molecular weight excluding hydrogens is 322 g/mol. The number of fused-ring (bicyclic) bond motifs is 3. The SMILES string of the molecule is CC(=O)OC12CCCC[C@]1(CCN(C)C)c1cc(Cl)ccc1CC2. The number of hydrogen-bond donors (Lipinski definition) is 0. The van der Waals surface area contributed by atoms with Crippen LogP contribution in [0.2, 0.25) is 5.02 Å². The van der Waals surface area contributed by atoms with E-state index in [0.29, 0.717) is 0 Å². The van der Waals surface area contributed by atoms with Gasteiger partial charge in [0, 0.05) is 17.4 Å². The van der Waals surface area contributed by atoms with Crippen LogP contribution in [0, 0.1) is 0 Å². The maximum Gasteiger partial charge on any atom is 0.303 e. The minimum atomic E-state index is -0.370. The van der Waals surface area contributed by atoms with Gasteiger partial charge in [0.25, 0.3) is 0 Å². The van der Waals surface area contributed by atoms with Gasteiger partial charge in [0.05, 0.1) is 0 Å². The molecule has 132 valence electrons. The maximum absolute atomic E-state index is 12.0. The Bertz CT molecular complexity index is 630. The van der Waals surface area contributed by atoms with Crippen molar-refractivity contribution in [3.8, 4) is 0 Å². The Hall–Kier alpha value is -1.06. The molecule has 2 aliphatic rings. The first-order valence-corrected chi connectivity index (χ1v) is 9.40. The summed E-state index contributed by atoms with van der Waals surface area (Å²) in [6.07, 6.45) is 7.24. The van der Waals surface area contributed by atoms with E-state index in [1.807, 2.05) is 6.07 Å². The van der Waals surface area contributed by atoms with Crippen molar-refractivity contribution in [3.05, 3.63) is 34.3 Å². The average Bonchev–Trinajstić information content (AvgIpc) is 2.52. The zero-order valence-electron chi connectivity index (χ0n) is 15.0. The van der Waals surface area contributed by atoms with Crippen LogP contribution in [0.1, 0.15) is 56.6 Å². The summed E-state index contributed by atoms with van der Waals surface area (Å²) in [5, 5.41) is 0.780. The van der Waals surface area contributed by atoms with E-state index in [4.69, 9.17) is 16.3 Å². The Morgan fingerprint density at radius 2 is 2.00 bits per heavy atom. The lowest BCUT2D eigenvalue weighted by atomic mass is 9.53. The second kappa shape index (κ2) is 6.68. The van der Waals surface area contributed by atoms with E-state index < -0.39 is 0 Å². The molecule has 4 heteroatoms. The summed E-state index contributed by atoms with van der Waals surface area (Å²) in [7, 11) is 4.21. The van der Waals surface area contributed by atoms with Crippen molar-refractivity contribution in [2.75, 3.05) is 20.6 Å². The molecule has 0 spiro atoms. The topological polar surface area (TPSA) is 29.5 Å². The number of carbonyl (C=O) groups excluding carboxylic acids is 1. The smallest absolute Gasteiger partial charge is 0.303 e. The minimum absolute atomic E-state index is 0.111. The lowest BCUT2D eigenvalue weighted by Gasteiger charge is -2.56. The molecule has 0 heterocycles. The van der Waals surface area contributed by atoms with Gasteiger partial charge in [-0.2, -0.15) is 0 Å². The highest BCUT2D eigenvalue weighted by Crippen LogP contribution is 2.57. The number of rotatable bonds is 4. The minimum Gasteiger partial charge on any atom is -0.458 e. The summed E-state index contributed by atoms with van der Waals surface area (Å²) >= 11 is 6.37. The van der Waals surface area contributed by atoms with Gasteiger partial charge in [-0.1, -0.05) is 24.1 Å². The average molecular weight is 350 g/mol. The fourth-order valence-corrected chi connectivity index (χ4v) is 5.15. The Morgan fingerprint density at radius 1 is 1.25 bits per heavy atom. The molecule has 2 atom stereocenters. The molecule has 24 heavy (non-hydrogen) atoms. The number of hydrogen-bond acceptors (Lipinski definition) is 3. The van der Waals surface area contributed by atoms with Gasteiger partial charge in [-0.25, -0.2) is 0 Å². The van der Waals surface area contributed by atoms with Crippen LogP contribution >= 0.6 is 11.6 Å². The lowest BCUT2D eigenvalue weighted by molar-refractivity contribution is -0.176. The molecule has 0 aromatic heterocycles. The highest BCUT2D eigenvalue weighted by molar-refractivity contribution is 6.30. The fourth-order valence-electron chi connectivity index (χ4n) is 4.97. The molecule has 3 rings (SSSR count). The van der Waals surface area contributed by atoms with Crippen molar-refractivity contribution in [2.24, 2.45) is 0 Å². The van der Waals surface area contributed by atoms with E-state index in [1.54, 1.807) is 6.92 Å². The van der Waals surface area contributed by atoms with Crippen molar-refractivity contribution in [1.82, 2.24) is 4.90 Å². The summed E-state index contributed by atoms with van der Waals surface area (Å²) < 4.78 is 6.11. The van der Waals surface area contributed by atoms with Gasteiger partial charge in [0.1, 0.15) is 5.60 Å². The second-order valence-electron chi connectivity index (χ2n) is 7.73. The largest absolute Gasteiger partial charge is 0.458 e. The van der Waals surface area contributed by atoms with Crippen LogP contribution in [0.25, 0.3) is 0 Å². The highest BCUT2D eigenvalue weighted by atomic mass is 35.5. The number of aryl methyl sites for hydroxylation is 1. The third-order valence-corrected chi connectivity index (χ3v) is 6.25. The normalized spacial score (nSPS) is 29.0. The van der Waals surface area contributed by atoms with Crippen molar-refractivity contribution in [3.63, 3.8) is 0 Å². The van der Waals surface area contributed by atoms with Gasteiger partial charge in [-0.05, 0) is 82.4 Å². The number of halogens is 1. The van der Waals surface area contributed by atoms with E-state index in [-0.39, 0.29) is 17.0 Å². The van der Waals surface area contributed by atoms with E-state index in [0.717, 1.165) is 50.1 Å². The van der Waals surface area contributed by atoms with E-state index in [1.165, 1.54) is 17.5 Å². The quantitative estimate of drug-likeness (QED) is 0.757. The third kappa shape index (κ3) is 2.97. The first-order chi connectivity index (χ1) is 11.4. The van der Waals surface area contributed by atoms with Crippen LogP contribution in [0.3, 0.4) is 0 Å². The molecule has 0 amide bonds. The lowest BCUT2D eigenvalue weighted by Crippen LogP contribution is -2.59. The predicted molar refractivity (Wildman–Crippen MR) is 97.6 cm³/mol. The Morgan fingerprint density at radius 3 is 2.71 bits per heavy atom. The maximum atomic E-state index is 12.0. The Labute approximate surface area is 150 Å². The molecule has 0 radical (unpaired) electrons. The molecule has 3 nitrogen and oxygen atoms in total. The number of ether oxygens (including phenoxy) is 1. The van der Waals surface area contributed by atoms with E-state index in [2.05, 4.69) is 31.1 Å². The molecule has 1 unspecified atom stereocenters. The van der Waals surface area contributed by atoms with Gasteiger partial charge in [0.2, 0.25) is 0 Å². The van der Waals surface area contributed by atoms with Crippen LogP contribution in [0.15, 0.2) is 18.2 Å². The number of benzene rings is 1. The Balaban J connectivity index is 2.14. The zero-order valence-corrected chi connectivity index (χ0v) is 15.8. The third-order valence-electron chi connectivity index (χ3n) is 6.02. The number of nitrogens with zero attached hydrogens (tertiary/aromatic N) is 1. The standard InChI is InChI=1S/C20H28ClNO2/c1-15(23)24-20-10-5-4-9-19(20,12-13-22(2)3)18-14-17(21)7-6-16(18)8-11-20/h6-7,14H,4-5,8-13H2,1-3H3/t19-,20?/m0/s1. The highest BCUT2D eigenvalue weighted by Gasteiger charge is 2.58. The predicted octanol–water partition coefficient (Wildman–Crippen LogP) is 4.35. The molecule has 2 aliphatic carbocycles. The van der Waals surface area contributed by atoms with Crippen LogP contribution in [0.5, 0.6) is 0 Å². The second-order valence-corrected chi connectivity index (χ2v) is 8.17. The molecule has 0 saturated heterocycles. The molecule has 0 N–H and O–H groups in total. The van der Waals surface area contributed by atoms with Crippen LogP contribution in [-0.2, 0) is 21.4 Å². The van der Waals surface area contributed by atoms with Crippen molar-refractivity contribution < 1.29 is 9.53 Å². The molecule has 1 saturated carbocycles. The first kappa shape index (κ1) is 17.8. The van der Waals surface area contributed by atoms with Crippen LogP contribution in [-0.4, -0.2) is 37.1 Å². The van der Waals surface area contributed by atoms with Crippen molar-refractivity contribution in [2.45, 2.75) is 62.9 Å². The summed E-state index contributed by atoms with van der Waals surface area (Å²) in [5.41, 5.74) is 2.22. The van der Waals surface area contributed by atoms with E-state index in [9.17, 15) is 4.79 Å². The van der Waals surface area contributed by atoms with Gasteiger partial charge >= 0.3 is 5.97 Å². The number of carbonyl (C=O) groups is 1. The van der Waals surface area contributed by atoms with E-state index >= 15 is 0 Å². The van der Waals surface area contributed by atoms with Crippen LogP contribution in [0.4, 0.5) is 0 Å². The molecule has 0 aliphatic heterocycles. The van der Waals surface area contributed by atoms with Gasteiger partial charge in [0.15, 0.2) is 0 Å². The van der Waals surface area contributed by atoms with Crippen LogP contribution < -0.4 is 0 Å². The zero-order chi connectivity index (χ0) is 17.4. The molecule has 1 aromatic carbocycles. The van der Waals surface area contributed by atoms with Gasteiger partial charge < -0.3 is 9.64 Å². The van der Waals surface area contributed by atoms with Gasteiger partial charge in [-0.3, -0.25) is 4.79 Å². The first-order valence-electron chi connectivity index (χ1n) is 9.02. The summed E-state index contributed by atoms with van der Waals surface area (Å²) in [5.74, 6) is -0.156. The molecular formula is C20H28ClNO2. The van der Waals surface area contributed by atoms with Crippen molar-refractivity contribution in [1.29, 1.82) is 0 Å². The molecule has 1 fully saturated rings. The molecule has 0 bridgehead atoms.